The van der Waals surface area contributed by atoms with E-state index in [4.69, 9.17) is 4.52 Å². The van der Waals surface area contributed by atoms with E-state index in [2.05, 4.69) is 15.0 Å². The number of carbonyl (C=O) groups excluding carboxylic acids is 1. The number of sulfone groups is 1. The highest BCUT2D eigenvalue weighted by Gasteiger charge is 2.30. The third-order valence-corrected chi connectivity index (χ3v) is 4.99. The highest BCUT2D eigenvalue weighted by molar-refractivity contribution is 7.90. The summed E-state index contributed by atoms with van der Waals surface area (Å²) >= 11 is 0. The van der Waals surface area contributed by atoms with Crippen molar-refractivity contribution in [3.63, 3.8) is 0 Å². The van der Waals surface area contributed by atoms with E-state index >= 15 is 0 Å². The molecule has 1 saturated heterocycles. The van der Waals surface area contributed by atoms with Gasteiger partial charge in [-0.05, 0) is 19.4 Å². The van der Waals surface area contributed by atoms with Gasteiger partial charge in [-0.25, -0.2) is 8.42 Å². The monoisotopic (exact) mass is 344 g/mol. The molecule has 1 aliphatic heterocycles. The first kappa shape index (κ1) is 17.9. The molecule has 130 valence electrons. The van der Waals surface area contributed by atoms with Crippen LogP contribution >= 0.6 is 0 Å². The van der Waals surface area contributed by atoms with E-state index in [0.717, 1.165) is 26.1 Å². The Morgan fingerprint density at radius 2 is 2.22 bits per heavy atom. The fourth-order valence-electron chi connectivity index (χ4n) is 2.88. The summed E-state index contributed by atoms with van der Waals surface area (Å²) in [6.45, 7) is 5.95. The Kier molecular flexibility index (Phi) is 5.74. The van der Waals surface area contributed by atoms with Gasteiger partial charge in [-0.3, -0.25) is 4.79 Å². The van der Waals surface area contributed by atoms with E-state index in [0.29, 0.717) is 24.7 Å². The van der Waals surface area contributed by atoms with E-state index in [1.807, 2.05) is 0 Å². The molecule has 1 aliphatic rings. The van der Waals surface area contributed by atoms with Gasteiger partial charge < -0.3 is 14.3 Å². The zero-order chi connectivity index (χ0) is 17.0. The van der Waals surface area contributed by atoms with Gasteiger partial charge in [0.2, 0.25) is 11.8 Å². The maximum atomic E-state index is 11.9. The van der Waals surface area contributed by atoms with Crippen LogP contribution in [-0.4, -0.2) is 72.0 Å². The Labute approximate surface area is 136 Å². The molecule has 1 amide bonds. The largest absolute Gasteiger partial charge is 0.340 e. The van der Waals surface area contributed by atoms with Crippen molar-refractivity contribution in [1.29, 1.82) is 0 Å². The summed E-state index contributed by atoms with van der Waals surface area (Å²) in [4.78, 5) is 20.1. The molecule has 0 N–H and O–H groups in total. The maximum Gasteiger partial charge on any atom is 0.223 e. The van der Waals surface area contributed by atoms with Crippen LogP contribution in [0.5, 0.6) is 0 Å². The number of rotatable bonds is 7. The van der Waals surface area contributed by atoms with Crippen molar-refractivity contribution in [2.75, 3.05) is 31.6 Å². The minimum Gasteiger partial charge on any atom is -0.340 e. The molecule has 0 saturated carbocycles. The summed E-state index contributed by atoms with van der Waals surface area (Å²) < 4.78 is 27.3. The lowest BCUT2D eigenvalue weighted by Crippen LogP contribution is -2.40. The van der Waals surface area contributed by atoms with Crippen molar-refractivity contribution in [3.05, 3.63) is 11.7 Å². The smallest absolute Gasteiger partial charge is 0.223 e. The van der Waals surface area contributed by atoms with Gasteiger partial charge in [-0.2, -0.15) is 4.98 Å². The molecule has 1 fully saturated rings. The summed E-state index contributed by atoms with van der Waals surface area (Å²) in [6.07, 6.45) is 2.75. The van der Waals surface area contributed by atoms with Gasteiger partial charge in [-0.1, -0.05) is 5.16 Å². The minimum absolute atomic E-state index is 0.0181. The van der Waals surface area contributed by atoms with E-state index in [1.54, 1.807) is 18.7 Å². The standard InChI is InChI=1S/C14H24N4O4S/c1-11-15-14(16-22-11)10-18(12(2)19)13-5-7-17(9-13)6-4-8-23(3,20)21/h13H,4-10H2,1-3H3/t13-/m1/s1. The van der Waals surface area contributed by atoms with Crippen molar-refractivity contribution in [1.82, 2.24) is 19.9 Å². The molecule has 1 atom stereocenters. The second kappa shape index (κ2) is 7.39. The van der Waals surface area contributed by atoms with E-state index < -0.39 is 9.84 Å². The normalized spacial score (nSPS) is 19.2. The molecule has 0 bridgehead atoms. The van der Waals surface area contributed by atoms with Crippen LogP contribution in [0.25, 0.3) is 0 Å². The quantitative estimate of drug-likeness (QED) is 0.699. The lowest BCUT2D eigenvalue weighted by atomic mass is 10.2. The highest BCUT2D eigenvalue weighted by Crippen LogP contribution is 2.18. The van der Waals surface area contributed by atoms with Crippen molar-refractivity contribution in [2.45, 2.75) is 39.3 Å². The molecule has 1 aromatic rings. The molecule has 0 unspecified atom stereocenters. The van der Waals surface area contributed by atoms with Crippen LogP contribution in [0.4, 0.5) is 0 Å². The molecule has 0 aliphatic carbocycles. The number of amides is 1. The number of carbonyl (C=O) groups is 1. The third-order valence-electron chi connectivity index (χ3n) is 3.96. The number of likely N-dealkylation sites (tertiary alicyclic amines) is 1. The van der Waals surface area contributed by atoms with Crippen molar-refractivity contribution in [2.24, 2.45) is 0 Å². The molecule has 0 spiro atoms. The Morgan fingerprint density at radius 1 is 1.48 bits per heavy atom. The molecular formula is C14H24N4O4S. The van der Waals surface area contributed by atoms with Gasteiger partial charge in [0, 0.05) is 39.2 Å². The van der Waals surface area contributed by atoms with Gasteiger partial charge in [0.1, 0.15) is 9.84 Å². The van der Waals surface area contributed by atoms with Crippen LogP contribution < -0.4 is 0 Å². The van der Waals surface area contributed by atoms with Crippen LogP contribution in [0.1, 0.15) is 31.5 Å². The van der Waals surface area contributed by atoms with Crippen LogP contribution in [0.2, 0.25) is 0 Å². The zero-order valence-corrected chi connectivity index (χ0v) is 14.7. The lowest BCUT2D eigenvalue weighted by Gasteiger charge is -2.27. The van der Waals surface area contributed by atoms with Gasteiger partial charge >= 0.3 is 0 Å². The van der Waals surface area contributed by atoms with Gasteiger partial charge in [0.15, 0.2) is 5.82 Å². The molecule has 23 heavy (non-hydrogen) atoms. The fourth-order valence-corrected chi connectivity index (χ4v) is 3.53. The SMILES string of the molecule is CC(=O)N(Cc1noc(C)n1)[C@@H]1CCN(CCCS(C)(=O)=O)C1. The average Bonchev–Trinajstić information content (AvgIpc) is 3.03. The summed E-state index contributed by atoms with van der Waals surface area (Å²) in [7, 11) is -2.92. The first-order chi connectivity index (χ1) is 10.7. The number of hydrogen-bond acceptors (Lipinski definition) is 7. The Morgan fingerprint density at radius 3 is 2.78 bits per heavy atom. The van der Waals surface area contributed by atoms with E-state index in [9.17, 15) is 13.2 Å². The van der Waals surface area contributed by atoms with E-state index in [-0.39, 0.29) is 17.7 Å². The van der Waals surface area contributed by atoms with Crippen LogP contribution in [0.3, 0.4) is 0 Å². The van der Waals surface area contributed by atoms with Crippen LogP contribution in [0, 0.1) is 6.92 Å². The molecular weight excluding hydrogens is 320 g/mol. The van der Waals surface area contributed by atoms with Crippen LogP contribution in [0.15, 0.2) is 4.52 Å². The lowest BCUT2D eigenvalue weighted by molar-refractivity contribution is -0.131. The molecule has 2 rings (SSSR count). The second-order valence-corrected chi connectivity index (χ2v) is 8.36. The molecule has 9 heteroatoms. The number of aryl methyl sites for hydroxylation is 1. The van der Waals surface area contributed by atoms with Crippen molar-refractivity contribution >= 4 is 15.7 Å². The Balaban J connectivity index is 1.88. The first-order valence-corrected chi connectivity index (χ1v) is 9.77. The summed E-state index contributed by atoms with van der Waals surface area (Å²) in [5, 5.41) is 3.84. The zero-order valence-electron chi connectivity index (χ0n) is 13.9. The van der Waals surface area contributed by atoms with E-state index in [1.165, 1.54) is 6.26 Å². The number of hydrogen-bond donors (Lipinski definition) is 0. The Hall–Kier alpha value is -1.48. The van der Waals surface area contributed by atoms with Gasteiger partial charge in [-0.15, -0.1) is 0 Å². The predicted molar refractivity (Wildman–Crippen MR) is 84.4 cm³/mol. The molecule has 0 aromatic carbocycles. The van der Waals surface area contributed by atoms with Crippen molar-refractivity contribution in [3.8, 4) is 0 Å². The average molecular weight is 344 g/mol. The van der Waals surface area contributed by atoms with Crippen LogP contribution in [-0.2, 0) is 21.2 Å². The summed E-state index contributed by atoms with van der Waals surface area (Å²) in [5.41, 5.74) is 0. The second-order valence-electron chi connectivity index (χ2n) is 6.10. The fraction of sp³-hybridized carbons (Fsp3) is 0.786. The molecule has 8 nitrogen and oxygen atoms in total. The predicted octanol–water partition coefficient (Wildman–Crippen LogP) is 0.236. The summed E-state index contributed by atoms with van der Waals surface area (Å²) in [6, 6.07) is 0.101. The molecule has 0 radical (unpaired) electrons. The third kappa shape index (κ3) is 5.58. The highest BCUT2D eigenvalue weighted by atomic mass is 32.2. The maximum absolute atomic E-state index is 11.9. The summed E-state index contributed by atoms with van der Waals surface area (Å²) in [5.74, 6) is 1.17. The van der Waals surface area contributed by atoms with Crippen molar-refractivity contribution < 1.29 is 17.7 Å². The first-order valence-electron chi connectivity index (χ1n) is 7.71. The van der Waals surface area contributed by atoms with Gasteiger partial charge in [0.05, 0.1) is 12.3 Å². The minimum atomic E-state index is -2.92. The topological polar surface area (TPSA) is 96.6 Å². The number of nitrogens with zero attached hydrogens (tertiary/aromatic N) is 4. The molecule has 1 aromatic heterocycles. The Bertz CT molecular complexity index is 643. The molecule has 2 heterocycles. The van der Waals surface area contributed by atoms with Gasteiger partial charge in [0.25, 0.3) is 0 Å². The number of aromatic nitrogens is 2.